The van der Waals surface area contributed by atoms with Gasteiger partial charge in [-0.2, -0.15) is 13.2 Å². The number of rotatable bonds is 4. The van der Waals surface area contributed by atoms with Gasteiger partial charge in [-0.1, -0.05) is 6.07 Å². The van der Waals surface area contributed by atoms with Crippen molar-refractivity contribution in [2.75, 3.05) is 11.4 Å². The fraction of sp³-hybridized carbons (Fsp3) is 0.423. The highest BCUT2D eigenvalue weighted by atomic mass is 32.1. The minimum atomic E-state index is -4.74. The van der Waals surface area contributed by atoms with Gasteiger partial charge in [0.15, 0.2) is 0 Å². The smallest absolute Gasteiger partial charge is 0.433 e. The number of halogens is 3. The van der Waals surface area contributed by atoms with Crippen molar-refractivity contribution in [2.24, 2.45) is 0 Å². The molecule has 2 aromatic heterocycles. The SMILES string of the molecule is Cc1cc(-c2cnc(C3(O)CCNC(=O)CC3)s2)cc(N(C(=O)OC(C)(C)C)c2nccc(C(F)(F)F)n2)c1. The topological polar surface area (TPSA) is 118 Å². The molecule has 1 aromatic carbocycles. The van der Waals surface area contributed by atoms with E-state index in [1.165, 1.54) is 11.3 Å². The number of aryl methyl sites for hydroxylation is 1. The number of hydrogen-bond donors (Lipinski definition) is 2. The molecule has 1 aliphatic rings. The van der Waals surface area contributed by atoms with Gasteiger partial charge < -0.3 is 15.2 Å². The Morgan fingerprint density at radius 3 is 2.62 bits per heavy atom. The highest BCUT2D eigenvalue weighted by Crippen LogP contribution is 2.39. The number of carbonyl (C=O) groups excluding carboxylic acids is 2. The molecule has 4 rings (SSSR count). The van der Waals surface area contributed by atoms with Crippen LogP contribution < -0.4 is 10.2 Å². The monoisotopic (exact) mass is 563 g/mol. The first-order chi connectivity index (χ1) is 18.1. The number of hydrogen-bond acceptors (Lipinski definition) is 8. The zero-order valence-corrected chi connectivity index (χ0v) is 22.6. The molecular weight excluding hydrogens is 535 g/mol. The number of amides is 2. The molecule has 0 spiro atoms. The molecule has 39 heavy (non-hydrogen) atoms. The van der Waals surface area contributed by atoms with Crippen LogP contribution in [0.1, 0.15) is 56.3 Å². The fourth-order valence-corrected chi connectivity index (χ4v) is 5.09. The summed E-state index contributed by atoms with van der Waals surface area (Å²) in [6.45, 7) is 7.00. The molecule has 0 radical (unpaired) electrons. The van der Waals surface area contributed by atoms with E-state index in [0.29, 0.717) is 34.0 Å². The van der Waals surface area contributed by atoms with Gasteiger partial charge in [0.1, 0.15) is 21.9 Å². The summed E-state index contributed by atoms with van der Waals surface area (Å²) in [6.07, 6.45) is -2.48. The van der Waals surface area contributed by atoms with Crippen molar-refractivity contribution >= 4 is 35.0 Å². The number of nitrogens with one attached hydrogen (secondary N) is 1. The molecule has 3 aromatic rings. The highest BCUT2D eigenvalue weighted by Gasteiger charge is 2.36. The van der Waals surface area contributed by atoms with Crippen molar-refractivity contribution in [2.45, 2.75) is 64.3 Å². The minimum Gasteiger partial charge on any atom is -0.443 e. The maximum atomic E-state index is 13.4. The van der Waals surface area contributed by atoms with Crippen LogP contribution >= 0.6 is 11.3 Å². The molecule has 1 atom stereocenters. The van der Waals surface area contributed by atoms with Crippen LogP contribution in [-0.4, -0.2) is 44.2 Å². The first-order valence-electron chi connectivity index (χ1n) is 12.2. The maximum Gasteiger partial charge on any atom is 0.433 e. The van der Waals surface area contributed by atoms with Crippen molar-refractivity contribution < 1.29 is 32.6 Å². The fourth-order valence-electron chi connectivity index (χ4n) is 4.04. The van der Waals surface area contributed by atoms with Crippen molar-refractivity contribution in [3.8, 4) is 10.4 Å². The Kier molecular flexibility index (Phi) is 7.68. The summed E-state index contributed by atoms with van der Waals surface area (Å²) in [6, 6.07) is 5.75. The number of benzene rings is 1. The molecule has 9 nitrogen and oxygen atoms in total. The Balaban J connectivity index is 1.76. The number of anilines is 2. The summed E-state index contributed by atoms with van der Waals surface area (Å²) in [4.78, 5) is 38.5. The summed E-state index contributed by atoms with van der Waals surface area (Å²) in [7, 11) is 0. The van der Waals surface area contributed by atoms with Crippen LogP contribution in [0.3, 0.4) is 0 Å². The van der Waals surface area contributed by atoms with E-state index in [1.807, 2.05) is 6.07 Å². The van der Waals surface area contributed by atoms with E-state index in [1.54, 1.807) is 46.0 Å². The molecule has 13 heteroatoms. The molecule has 3 heterocycles. The number of ether oxygens (including phenoxy) is 1. The number of aliphatic hydroxyl groups is 1. The van der Waals surface area contributed by atoms with E-state index in [-0.39, 0.29) is 24.4 Å². The second-order valence-electron chi connectivity index (χ2n) is 10.3. The lowest BCUT2D eigenvalue weighted by Crippen LogP contribution is -2.35. The largest absolute Gasteiger partial charge is 0.443 e. The summed E-state index contributed by atoms with van der Waals surface area (Å²) in [5.41, 5.74) is -1.92. The number of aromatic nitrogens is 3. The van der Waals surface area contributed by atoms with Crippen LogP contribution in [0.25, 0.3) is 10.4 Å². The maximum absolute atomic E-state index is 13.4. The van der Waals surface area contributed by atoms with Gasteiger partial charge in [0.05, 0.1) is 10.6 Å². The normalized spacial score (nSPS) is 18.3. The second-order valence-corrected chi connectivity index (χ2v) is 11.3. The molecule has 208 valence electrons. The Bertz CT molecular complexity index is 1390. The molecule has 0 aliphatic carbocycles. The molecule has 1 unspecified atom stereocenters. The minimum absolute atomic E-state index is 0.134. The van der Waals surface area contributed by atoms with Crippen LogP contribution in [-0.2, 0) is 21.3 Å². The quantitative estimate of drug-likeness (QED) is 0.431. The van der Waals surface area contributed by atoms with E-state index in [0.717, 1.165) is 17.2 Å². The van der Waals surface area contributed by atoms with Gasteiger partial charge in [-0.05, 0) is 63.4 Å². The van der Waals surface area contributed by atoms with Gasteiger partial charge in [-0.15, -0.1) is 11.3 Å². The Morgan fingerprint density at radius 1 is 1.18 bits per heavy atom. The molecule has 1 fully saturated rings. The average molecular weight is 564 g/mol. The Labute approximate surface area is 227 Å². The van der Waals surface area contributed by atoms with Gasteiger partial charge in [-0.3, -0.25) is 4.79 Å². The number of alkyl halides is 3. The van der Waals surface area contributed by atoms with E-state index >= 15 is 0 Å². The Hall–Kier alpha value is -3.58. The lowest BCUT2D eigenvalue weighted by Gasteiger charge is -2.27. The average Bonchev–Trinajstić information content (AvgIpc) is 3.26. The summed E-state index contributed by atoms with van der Waals surface area (Å²) >= 11 is 1.24. The molecule has 2 amide bonds. The van der Waals surface area contributed by atoms with Crippen molar-refractivity contribution in [1.29, 1.82) is 0 Å². The summed E-state index contributed by atoms with van der Waals surface area (Å²) in [5, 5.41) is 14.4. The molecule has 1 aliphatic heterocycles. The van der Waals surface area contributed by atoms with Gasteiger partial charge >= 0.3 is 12.3 Å². The lowest BCUT2D eigenvalue weighted by atomic mass is 9.96. The highest BCUT2D eigenvalue weighted by molar-refractivity contribution is 7.15. The van der Waals surface area contributed by atoms with E-state index in [4.69, 9.17) is 4.74 Å². The van der Waals surface area contributed by atoms with Gasteiger partial charge in [0, 0.05) is 31.8 Å². The predicted octanol–water partition coefficient (Wildman–Crippen LogP) is 5.49. The standard InChI is InChI=1S/C26H28F3N5O4S/c1-15-11-16(18-14-32-21(39-18)25(37)7-5-20(35)30-10-8-25)13-17(12-15)34(23(36)38-24(2,3)4)22-31-9-6-19(33-22)26(27,28)29/h6,9,11-14,37H,5,7-8,10H2,1-4H3,(H,30,35). The predicted molar refractivity (Wildman–Crippen MR) is 138 cm³/mol. The second kappa shape index (κ2) is 10.5. The van der Waals surface area contributed by atoms with E-state index in [2.05, 4.69) is 20.3 Å². The number of thiazole rings is 1. The zero-order valence-electron chi connectivity index (χ0n) is 21.8. The number of carbonyl (C=O) groups is 2. The van der Waals surface area contributed by atoms with Crippen LogP contribution in [0.5, 0.6) is 0 Å². The third-order valence-corrected chi connectivity index (χ3v) is 7.08. The van der Waals surface area contributed by atoms with E-state index in [9.17, 15) is 27.9 Å². The third-order valence-electron chi connectivity index (χ3n) is 5.84. The van der Waals surface area contributed by atoms with Gasteiger partial charge in [-0.25, -0.2) is 24.6 Å². The van der Waals surface area contributed by atoms with Gasteiger partial charge in [0.2, 0.25) is 11.9 Å². The first kappa shape index (κ1) is 28.4. The summed E-state index contributed by atoms with van der Waals surface area (Å²) in [5.74, 6) is -0.629. The third kappa shape index (κ3) is 6.71. The number of nitrogens with zero attached hydrogens (tertiary/aromatic N) is 4. The molecule has 0 bridgehead atoms. The summed E-state index contributed by atoms with van der Waals surface area (Å²) < 4.78 is 45.7. The van der Waals surface area contributed by atoms with Crippen molar-refractivity contribution in [3.63, 3.8) is 0 Å². The van der Waals surface area contributed by atoms with Crippen LogP contribution in [0.15, 0.2) is 36.7 Å². The molecule has 1 saturated heterocycles. The first-order valence-corrected chi connectivity index (χ1v) is 13.0. The van der Waals surface area contributed by atoms with Crippen LogP contribution in [0, 0.1) is 6.92 Å². The zero-order chi connectivity index (χ0) is 28.6. The molecule has 0 saturated carbocycles. The molecular formula is C26H28F3N5O4S. The van der Waals surface area contributed by atoms with E-state index < -0.39 is 35.1 Å². The van der Waals surface area contributed by atoms with Crippen molar-refractivity contribution in [3.05, 3.63) is 52.9 Å². The Morgan fingerprint density at radius 2 is 1.92 bits per heavy atom. The van der Waals surface area contributed by atoms with Crippen LogP contribution in [0.4, 0.5) is 29.6 Å². The van der Waals surface area contributed by atoms with Gasteiger partial charge in [0.25, 0.3) is 0 Å². The van der Waals surface area contributed by atoms with Crippen molar-refractivity contribution in [1.82, 2.24) is 20.3 Å². The lowest BCUT2D eigenvalue weighted by molar-refractivity contribution is -0.141. The van der Waals surface area contributed by atoms with Crippen LogP contribution in [0.2, 0.25) is 0 Å². The molecule has 2 N–H and O–H groups in total.